The van der Waals surface area contributed by atoms with E-state index >= 15 is 0 Å². The van der Waals surface area contributed by atoms with E-state index in [0.29, 0.717) is 10.7 Å². The van der Waals surface area contributed by atoms with Gasteiger partial charge in [0.25, 0.3) is 0 Å². The fourth-order valence-corrected chi connectivity index (χ4v) is 1.74. The summed E-state index contributed by atoms with van der Waals surface area (Å²) in [5, 5.41) is 9.44. The molecular formula is C11H9ClN2O2. The van der Waals surface area contributed by atoms with Crippen LogP contribution in [0.15, 0.2) is 30.6 Å². The second-order valence-corrected chi connectivity index (χ2v) is 3.71. The Bertz CT molecular complexity index is 549. The van der Waals surface area contributed by atoms with Crippen molar-refractivity contribution >= 4 is 17.6 Å². The van der Waals surface area contributed by atoms with Crippen molar-refractivity contribution < 1.29 is 9.90 Å². The normalized spacial score (nSPS) is 10.4. The summed E-state index contributed by atoms with van der Waals surface area (Å²) < 4.78 is 1.66. The van der Waals surface area contributed by atoms with Crippen molar-refractivity contribution in [2.45, 2.75) is 6.92 Å². The standard InChI is InChI=1S/C11H9ClN2O2/c1-7-10(11(15)16)13-6-14(7)9-5-3-2-4-8(9)12/h2-6H,1H3,(H,15,16). The van der Waals surface area contributed by atoms with Gasteiger partial charge in [-0.05, 0) is 19.1 Å². The quantitative estimate of drug-likeness (QED) is 0.872. The lowest BCUT2D eigenvalue weighted by atomic mass is 10.3. The molecule has 1 heterocycles. The number of aromatic carboxylic acids is 1. The molecule has 0 saturated heterocycles. The molecule has 0 aliphatic carbocycles. The monoisotopic (exact) mass is 236 g/mol. The van der Waals surface area contributed by atoms with Crippen molar-refractivity contribution in [1.29, 1.82) is 0 Å². The minimum absolute atomic E-state index is 0.0416. The van der Waals surface area contributed by atoms with Gasteiger partial charge in [-0.3, -0.25) is 0 Å². The van der Waals surface area contributed by atoms with Crippen LogP contribution in [0.3, 0.4) is 0 Å². The number of benzene rings is 1. The smallest absolute Gasteiger partial charge is 0.356 e. The van der Waals surface area contributed by atoms with Crippen LogP contribution >= 0.6 is 11.6 Å². The third kappa shape index (κ3) is 1.67. The minimum Gasteiger partial charge on any atom is -0.476 e. The topological polar surface area (TPSA) is 55.1 Å². The molecule has 2 rings (SSSR count). The molecule has 0 radical (unpaired) electrons. The number of imidazole rings is 1. The molecule has 0 atom stereocenters. The van der Waals surface area contributed by atoms with E-state index in [1.54, 1.807) is 17.6 Å². The summed E-state index contributed by atoms with van der Waals surface area (Å²) in [4.78, 5) is 14.7. The first-order valence-electron chi connectivity index (χ1n) is 4.63. The molecule has 1 aromatic carbocycles. The maximum absolute atomic E-state index is 10.8. The van der Waals surface area contributed by atoms with Crippen molar-refractivity contribution in [3.63, 3.8) is 0 Å². The average molecular weight is 237 g/mol. The number of hydrogen-bond acceptors (Lipinski definition) is 2. The van der Waals surface area contributed by atoms with Crippen molar-refractivity contribution in [1.82, 2.24) is 9.55 Å². The Labute approximate surface area is 97.1 Å². The summed E-state index contributed by atoms with van der Waals surface area (Å²) in [6, 6.07) is 7.21. The summed E-state index contributed by atoms with van der Waals surface area (Å²) in [5.41, 5.74) is 1.32. The van der Waals surface area contributed by atoms with E-state index in [2.05, 4.69) is 4.98 Å². The van der Waals surface area contributed by atoms with E-state index in [4.69, 9.17) is 16.7 Å². The SMILES string of the molecule is Cc1c(C(=O)O)ncn1-c1ccccc1Cl. The molecule has 1 aromatic heterocycles. The van der Waals surface area contributed by atoms with Crippen LogP contribution in [-0.2, 0) is 0 Å². The lowest BCUT2D eigenvalue weighted by Gasteiger charge is -2.06. The molecule has 4 nitrogen and oxygen atoms in total. The lowest BCUT2D eigenvalue weighted by Crippen LogP contribution is -2.02. The molecule has 0 aliphatic rings. The molecule has 0 unspecified atom stereocenters. The van der Waals surface area contributed by atoms with Gasteiger partial charge in [0.15, 0.2) is 5.69 Å². The third-order valence-electron chi connectivity index (χ3n) is 2.32. The highest BCUT2D eigenvalue weighted by molar-refractivity contribution is 6.32. The highest BCUT2D eigenvalue weighted by Crippen LogP contribution is 2.22. The van der Waals surface area contributed by atoms with Crippen LogP contribution in [0, 0.1) is 6.92 Å². The zero-order chi connectivity index (χ0) is 11.7. The predicted octanol–water partition coefficient (Wildman–Crippen LogP) is 2.53. The summed E-state index contributed by atoms with van der Waals surface area (Å²) in [6.07, 6.45) is 1.46. The van der Waals surface area contributed by atoms with E-state index < -0.39 is 5.97 Å². The number of para-hydroxylation sites is 1. The van der Waals surface area contributed by atoms with Gasteiger partial charge < -0.3 is 9.67 Å². The predicted molar refractivity (Wildman–Crippen MR) is 60.3 cm³/mol. The lowest BCUT2D eigenvalue weighted by molar-refractivity contribution is 0.0690. The van der Waals surface area contributed by atoms with E-state index in [1.807, 2.05) is 18.2 Å². The first-order chi connectivity index (χ1) is 7.61. The second kappa shape index (κ2) is 3.98. The number of halogens is 1. The van der Waals surface area contributed by atoms with Gasteiger partial charge in [-0.25, -0.2) is 9.78 Å². The van der Waals surface area contributed by atoms with Crippen molar-refractivity contribution in [3.8, 4) is 5.69 Å². The van der Waals surface area contributed by atoms with Gasteiger partial charge in [-0.1, -0.05) is 23.7 Å². The van der Waals surface area contributed by atoms with E-state index in [9.17, 15) is 4.79 Å². The summed E-state index contributed by atoms with van der Waals surface area (Å²) in [7, 11) is 0. The maximum atomic E-state index is 10.8. The molecule has 0 spiro atoms. The Hall–Kier alpha value is -1.81. The fourth-order valence-electron chi connectivity index (χ4n) is 1.51. The van der Waals surface area contributed by atoms with Crippen LogP contribution < -0.4 is 0 Å². The largest absolute Gasteiger partial charge is 0.476 e. The number of hydrogen-bond donors (Lipinski definition) is 1. The first-order valence-corrected chi connectivity index (χ1v) is 5.01. The summed E-state index contributed by atoms with van der Waals surface area (Å²) in [5.74, 6) is -1.04. The molecule has 5 heteroatoms. The van der Waals surface area contributed by atoms with Crippen LogP contribution in [0.1, 0.15) is 16.2 Å². The molecule has 82 valence electrons. The fraction of sp³-hybridized carbons (Fsp3) is 0.0909. The summed E-state index contributed by atoms with van der Waals surface area (Å²) >= 11 is 6.02. The second-order valence-electron chi connectivity index (χ2n) is 3.31. The van der Waals surface area contributed by atoms with E-state index in [-0.39, 0.29) is 5.69 Å². The van der Waals surface area contributed by atoms with Gasteiger partial charge in [-0.15, -0.1) is 0 Å². The van der Waals surface area contributed by atoms with Gasteiger partial charge >= 0.3 is 5.97 Å². The number of carbonyl (C=O) groups is 1. The van der Waals surface area contributed by atoms with Gasteiger partial charge in [0.05, 0.1) is 16.4 Å². The van der Waals surface area contributed by atoms with Crippen LogP contribution in [-0.4, -0.2) is 20.6 Å². The zero-order valence-electron chi connectivity index (χ0n) is 8.51. The van der Waals surface area contributed by atoms with Crippen molar-refractivity contribution in [3.05, 3.63) is 47.0 Å². The Morgan fingerprint density at radius 1 is 1.44 bits per heavy atom. The van der Waals surface area contributed by atoms with Gasteiger partial charge in [-0.2, -0.15) is 0 Å². The Morgan fingerprint density at radius 2 is 2.12 bits per heavy atom. The molecule has 16 heavy (non-hydrogen) atoms. The molecule has 0 amide bonds. The van der Waals surface area contributed by atoms with Crippen molar-refractivity contribution in [2.75, 3.05) is 0 Å². The molecular weight excluding hydrogens is 228 g/mol. The zero-order valence-corrected chi connectivity index (χ0v) is 9.27. The molecule has 0 fully saturated rings. The van der Waals surface area contributed by atoms with E-state index in [1.165, 1.54) is 6.33 Å². The third-order valence-corrected chi connectivity index (χ3v) is 2.64. The number of aromatic nitrogens is 2. The Morgan fingerprint density at radius 3 is 2.69 bits per heavy atom. The van der Waals surface area contributed by atoms with Gasteiger partial charge in [0.1, 0.15) is 6.33 Å². The molecule has 2 aromatic rings. The average Bonchev–Trinajstić information content (AvgIpc) is 2.61. The summed E-state index contributed by atoms with van der Waals surface area (Å²) in [6.45, 7) is 1.69. The van der Waals surface area contributed by atoms with Crippen LogP contribution in [0.4, 0.5) is 0 Å². The number of carboxylic acids is 1. The highest BCUT2D eigenvalue weighted by Gasteiger charge is 2.14. The Balaban J connectivity index is 2.58. The van der Waals surface area contributed by atoms with Gasteiger partial charge in [0.2, 0.25) is 0 Å². The minimum atomic E-state index is -1.04. The Kier molecular flexibility index (Phi) is 2.66. The number of rotatable bonds is 2. The van der Waals surface area contributed by atoms with Crippen LogP contribution in [0.25, 0.3) is 5.69 Å². The molecule has 0 aliphatic heterocycles. The van der Waals surface area contributed by atoms with Crippen molar-refractivity contribution in [2.24, 2.45) is 0 Å². The maximum Gasteiger partial charge on any atom is 0.356 e. The van der Waals surface area contributed by atoms with Crippen LogP contribution in [0.5, 0.6) is 0 Å². The molecule has 0 saturated carbocycles. The highest BCUT2D eigenvalue weighted by atomic mass is 35.5. The van der Waals surface area contributed by atoms with Crippen LogP contribution in [0.2, 0.25) is 5.02 Å². The number of carboxylic acid groups (broad SMARTS) is 1. The van der Waals surface area contributed by atoms with E-state index in [0.717, 1.165) is 5.69 Å². The first kappa shape index (κ1) is 10.7. The molecule has 0 bridgehead atoms. The number of nitrogens with zero attached hydrogens (tertiary/aromatic N) is 2. The van der Waals surface area contributed by atoms with Gasteiger partial charge in [0, 0.05) is 0 Å². The molecule has 1 N–H and O–H groups in total.